The summed E-state index contributed by atoms with van der Waals surface area (Å²) < 4.78 is 45.3. The zero-order valence-electron chi connectivity index (χ0n) is 14.2. The van der Waals surface area contributed by atoms with Gasteiger partial charge < -0.3 is 4.74 Å². The number of nitrogens with zero attached hydrogens (tertiary/aromatic N) is 2. The molecule has 0 saturated heterocycles. The molecule has 1 heterocycles. The molecule has 1 aromatic carbocycles. The summed E-state index contributed by atoms with van der Waals surface area (Å²) in [6.07, 6.45) is -1.60. The van der Waals surface area contributed by atoms with Gasteiger partial charge in [0.1, 0.15) is 0 Å². The molecule has 7 heteroatoms. The van der Waals surface area contributed by atoms with Gasteiger partial charge in [0.2, 0.25) is 5.88 Å². The number of ether oxygens (including phenoxy) is 1. The first kappa shape index (κ1) is 19.0. The highest BCUT2D eigenvalue weighted by Gasteiger charge is 2.36. The number of unbranched alkanes of at least 4 members (excludes halogenated alkanes) is 1. The van der Waals surface area contributed by atoms with E-state index in [1.54, 1.807) is 30.3 Å². The molecule has 136 valence electrons. The van der Waals surface area contributed by atoms with Crippen molar-refractivity contribution in [2.75, 3.05) is 0 Å². The monoisotopic (exact) mass is 354 g/mol. The fraction of sp³-hybridized carbons (Fsp3) is 0.444. The molecule has 0 bridgehead atoms. The Balaban J connectivity index is 2.32. The molecular formula is C18H21F3N2O2. The minimum absolute atomic E-state index is 0.224. The Hall–Kier alpha value is -2.31. The van der Waals surface area contributed by atoms with E-state index < -0.39 is 17.8 Å². The highest BCUT2D eigenvalue weighted by molar-refractivity contribution is 5.74. The van der Waals surface area contributed by atoms with Gasteiger partial charge in [-0.1, -0.05) is 44.9 Å². The summed E-state index contributed by atoms with van der Waals surface area (Å²) in [6.45, 7) is 3.87. The lowest BCUT2D eigenvalue weighted by Crippen LogP contribution is -2.21. The zero-order valence-corrected chi connectivity index (χ0v) is 14.2. The second-order valence-corrected chi connectivity index (χ2v) is 5.78. The van der Waals surface area contributed by atoms with Crippen molar-refractivity contribution in [3.8, 4) is 11.6 Å². The SMILES string of the molecule is CCCCC(CC)C(=O)Oc1cc(C(F)(F)F)nn1-c1ccccc1. The number of carbonyl (C=O) groups excluding carboxylic acids is 1. The van der Waals surface area contributed by atoms with Crippen molar-refractivity contribution in [1.29, 1.82) is 0 Å². The van der Waals surface area contributed by atoms with Crippen LogP contribution in [0.25, 0.3) is 5.69 Å². The molecule has 0 aliphatic heterocycles. The molecule has 0 spiro atoms. The normalized spacial score (nSPS) is 12.8. The molecule has 2 aromatic rings. The maximum absolute atomic E-state index is 13.0. The Morgan fingerprint density at radius 2 is 1.92 bits per heavy atom. The van der Waals surface area contributed by atoms with Crippen LogP contribution in [0.15, 0.2) is 36.4 Å². The molecule has 0 aliphatic carbocycles. The smallest absolute Gasteiger partial charge is 0.407 e. The zero-order chi connectivity index (χ0) is 18.4. The molecule has 2 rings (SSSR count). The predicted octanol–water partition coefficient (Wildman–Crippen LogP) is 5.01. The van der Waals surface area contributed by atoms with Gasteiger partial charge >= 0.3 is 12.1 Å². The topological polar surface area (TPSA) is 44.1 Å². The first-order valence-electron chi connectivity index (χ1n) is 8.31. The predicted molar refractivity (Wildman–Crippen MR) is 87.5 cm³/mol. The Labute approximate surface area is 144 Å². The van der Waals surface area contributed by atoms with Crippen molar-refractivity contribution < 1.29 is 22.7 Å². The first-order chi connectivity index (χ1) is 11.9. The van der Waals surface area contributed by atoms with E-state index in [0.29, 0.717) is 18.5 Å². The van der Waals surface area contributed by atoms with Gasteiger partial charge in [0.15, 0.2) is 5.69 Å². The minimum Gasteiger partial charge on any atom is -0.407 e. The Morgan fingerprint density at radius 3 is 2.48 bits per heavy atom. The summed E-state index contributed by atoms with van der Waals surface area (Å²) in [5, 5.41) is 3.57. The molecular weight excluding hydrogens is 333 g/mol. The van der Waals surface area contributed by atoms with Gasteiger partial charge in [0, 0.05) is 6.07 Å². The van der Waals surface area contributed by atoms with Crippen molar-refractivity contribution in [2.45, 2.75) is 45.7 Å². The summed E-state index contributed by atoms with van der Waals surface area (Å²) >= 11 is 0. The van der Waals surface area contributed by atoms with E-state index in [-0.39, 0.29) is 11.8 Å². The number of hydrogen-bond donors (Lipinski definition) is 0. The Bertz CT molecular complexity index is 696. The summed E-state index contributed by atoms with van der Waals surface area (Å²) in [7, 11) is 0. The lowest BCUT2D eigenvalue weighted by atomic mass is 10.00. The summed E-state index contributed by atoms with van der Waals surface area (Å²) in [6, 6.07) is 9.04. The summed E-state index contributed by atoms with van der Waals surface area (Å²) in [5.74, 6) is -1.09. The van der Waals surface area contributed by atoms with E-state index in [4.69, 9.17) is 4.74 Å². The van der Waals surface area contributed by atoms with Gasteiger partial charge in [-0.05, 0) is 25.0 Å². The molecule has 0 saturated carbocycles. The number of alkyl halides is 3. The van der Waals surface area contributed by atoms with Crippen LogP contribution >= 0.6 is 0 Å². The van der Waals surface area contributed by atoms with Gasteiger partial charge in [-0.15, -0.1) is 0 Å². The van der Waals surface area contributed by atoms with Crippen LogP contribution in [0.1, 0.15) is 45.2 Å². The van der Waals surface area contributed by atoms with Crippen molar-refractivity contribution in [3.63, 3.8) is 0 Å². The van der Waals surface area contributed by atoms with Gasteiger partial charge in [-0.25, -0.2) is 4.68 Å². The largest absolute Gasteiger partial charge is 0.435 e. The third kappa shape index (κ3) is 4.84. The number of benzene rings is 1. The fourth-order valence-electron chi connectivity index (χ4n) is 2.45. The van der Waals surface area contributed by atoms with E-state index >= 15 is 0 Å². The Morgan fingerprint density at radius 1 is 1.24 bits per heavy atom. The lowest BCUT2D eigenvalue weighted by Gasteiger charge is -2.14. The molecule has 0 radical (unpaired) electrons. The molecule has 0 fully saturated rings. The van der Waals surface area contributed by atoms with E-state index in [9.17, 15) is 18.0 Å². The van der Waals surface area contributed by atoms with Gasteiger partial charge in [0.05, 0.1) is 11.6 Å². The third-order valence-corrected chi connectivity index (χ3v) is 3.91. The number of hydrogen-bond acceptors (Lipinski definition) is 3. The summed E-state index contributed by atoms with van der Waals surface area (Å²) in [5.41, 5.74) is -0.705. The second kappa shape index (κ2) is 8.18. The van der Waals surface area contributed by atoms with Crippen LogP contribution in [0.4, 0.5) is 13.2 Å². The van der Waals surface area contributed by atoms with E-state index in [1.807, 2.05) is 13.8 Å². The quantitative estimate of drug-likeness (QED) is 0.656. The molecule has 1 atom stereocenters. The van der Waals surface area contributed by atoms with Crippen molar-refractivity contribution >= 4 is 5.97 Å². The average Bonchev–Trinajstić information content (AvgIpc) is 3.00. The van der Waals surface area contributed by atoms with Crippen LogP contribution in [0.3, 0.4) is 0 Å². The molecule has 0 aliphatic rings. The van der Waals surface area contributed by atoms with E-state index in [2.05, 4.69) is 5.10 Å². The number of para-hydroxylation sites is 1. The van der Waals surface area contributed by atoms with Crippen LogP contribution in [0, 0.1) is 5.92 Å². The fourth-order valence-corrected chi connectivity index (χ4v) is 2.45. The standard InChI is InChI=1S/C18H21F3N2O2/c1-3-5-9-13(4-2)17(24)25-16-12-15(18(19,20)21)22-23(16)14-10-7-6-8-11-14/h6-8,10-13H,3-5,9H2,1-2H3. The third-order valence-electron chi connectivity index (χ3n) is 3.91. The minimum atomic E-state index is -4.62. The van der Waals surface area contributed by atoms with Gasteiger partial charge in [-0.2, -0.15) is 18.3 Å². The van der Waals surface area contributed by atoms with Crippen LogP contribution in [0.5, 0.6) is 5.88 Å². The van der Waals surface area contributed by atoms with Crippen LogP contribution in [0.2, 0.25) is 0 Å². The number of carbonyl (C=O) groups is 1. The highest BCUT2D eigenvalue weighted by atomic mass is 19.4. The van der Waals surface area contributed by atoms with Crippen molar-refractivity contribution in [1.82, 2.24) is 9.78 Å². The second-order valence-electron chi connectivity index (χ2n) is 5.78. The highest BCUT2D eigenvalue weighted by Crippen LogP contribution is 2.32. The lowest BCUT2D eigenvalue weighted by molar-refractivity contribution is -0.142. The first-order valence-corrected chi connectivity index (χ1v) is 8.31. The van der Waals surface area contributed by atoms with E-state index in [0.717, 1.165) is 23.6 Å². The van der Waals surface area contributed by atoms with Crippen LogP contribution in [-0.2, 0) is 11.0 Å². The van der Waals surface area contributed by atoms with Crippen LogP contribution < -0.4 is 4.74 Å². The number of esters is 1. The average molecular weight is 354 g/mol. The Kier molecular flexibility index (Phi) is 6.22. The molecule has 25 heavy (non-hydrogen) atoms. The van der Waals surface area contributed by atoms with Crippen molar-refractivity contribution in [3.05, 3.63) is 42.1 Å². The molecule has 1 aromatic heterocycles. The maximum atomic E-state index is 13.0. The molecule has 0 amide bonds. The van der Waals surface area contributed by atoms with E-state index in [1.165, 1.54) is 0 Å². The number of aromatic nitrogens is 2. The number of rotatable bonds is 7. The van der Waals surface area contributed by atoms with Gasteiger partial charge in [-0.3, -0.25) is 4.79 Å². The molecule has 0 N–H and O–H groups in total. The molecule has 1 unspecified atom stereocenters. The van der Waals surface area contributed by atoms with Gasteiger partial charge in [0.25, 0.3) is 0 Å². The summed E-state index contributed by atoms with van der Waals surface area (Å²) in [4.78, 5) is 12.3. The van der Waals surface area contributed by atoms with Crippen LogP contribution in [-0.4, -0.2) is 15.7 Å². The maximum Gasteiger partial charge on any atom is 0.435 e. The number of halogens is 3. The van der Waals surface area contributed by atoms with Crippen molar-refractivity contribution in [2.24, 2.45) is 5.92 Å². The molecule has 4 nitrogen and oxygen atoms in total.